The Kier molecular flexibility index (Phi) is 2.99. The summed E-state index contributed by atoms with van der Waals surface area (Å²) in [6.45, 7) is 0.775. The monoisotopic (exact) mass is 221 g/mol. The van der Waals surface area contributed by atoms with Crippen LogP contribution in [0.5, 0.6) is 5.75 Å². The lowest BCUT2D eigenvalue weighted by Gasteiger charge is -2.25. The Labute approximate surface area is 94.4 Å². The number of nitrogens with zero attached hydrogens (tertiary/aromatic N) is 1. The van der Waals surface area contributed by atoms with Crippen LogP contribution in [0.25, 0.3) is 0 Å². The van der Waals surface area contributed by atoms with Gasteiger partial charge in [-0.25, -0.2) is 4.79 Å². The van der Waals surface area contributed by atoms with Gasteiger partial charge in [-0.05, 0) is 25.0 Å². The van der Waals surface area contributed by atoms with Crippen LogP contribution in [0.2, 0.25) is 0 Å². The van der Waals surface area contributed by atoms with Gasteiger partial charge in [0.25, 0.3) is 0 Å². The molecular formula is C12H15NO3. The number of rotatable bonds is 3. The summed E-state index contributed by atoms with van der Waals surface area (Å²) in [5.74, 6) is -0.0287. The molecule has 86 valence electrons. The third kappa shape index (κ3) is 1.83. The van der Waals surface area contributed by atoms with Crippen molar-refractivity contribution >= 4 is 11.7 Å². The van der Waals surface area contributed by atoms with Crippen LogP contribution in [-0.4, -0.2) is 30.8 Å². The molecule has 0 spiro atoms. The second-order valence-electron chi connectivity index (χ2n) is 3.86. The molecule has 1 atom stereocenters. The number of para-hydroxylation sites is 2. The molecule has 0 saturated carbocycles. The highest BCUT2D eigenvalue weighted by molar-refractivity contribution is 5.80. The van der Waals surface area contributed by atoms with Crippen molar-refractivity contribution in [3.63, 3.8) is 0 Å². The summed E-state index contributed by atoms with van der Waals surface area (Å²) in [6, 6.07) is 7.12. The standard InChI is InChI=1S/C12H15NO3/c1-16-11-7-3-2-5-9(11)13-8-4-6-10(13)12(14)15/h2-3,5,7,10H,4,6,8H2,1H3,(H,14,15)/t10-/m0/s1. The number of ether oxygens (including phenoxy) is 1. The van der Waals surface area contributed by atoms with Gasteiger partial charge in [-0.2, -0.15) is 0 Å². The molecule has 1 saturated heterocycles. The normalized spacial score (nSPS) is 19.8. The van der Waals surface area contributed by atoms with E-state index in [9.17, 15) is 4.79 Å². The molecule has 1 fully saturated rings. The highest BCUT2D eigenvalue weighted by Crippen LogP contribution is 2.33. The number of carboxylic acids is 1. The van der Waals surface area contributed by atoms with Crippen molar-refractivity contribution in [2.75, 3.05) is 18.6 Å². The van der Waals surface area contributed by atoms with Crippen LogP contribution in [0.4, 0.5) is 5.69 Å². The second-order valence-corrected chi connectivity index (χ2v) is 3.86. The van der Waals surface area contributed by atoms with Gasteiger partial charge in [0.2, 0.25) is 0 Å². The smallest absolute Gasteiger partial charge is 0.326 e. The van der Waals surface area contributed by atoms with Gasteiger partial charge < -0.3 is 14.7 Å². The van der Waals surface area contributed by atoms with Crippen LogP contribution in [0.15, 0.2) is 24.3 Å². The molecular weight excluding hydrogens is 206 g/mol. The quantitative estimate of drug-likeness (QED) is 0.844. The lowest BCUT2D eigenvalue weighted by atomic mass is 10.2. The first kappa shape index (κ1) is 10.8. The summed E-state index contributed by atoms with van der Waals surface area (Å²) >= 11 is 0. The van der Waals surface area contributed by atoms with Crippen molar-refractivity contribution in [3.05, 3.63) is 24.3 Å². The summed E-state index contributed by atoms with van der Waals surface area (Å²) in [4.78, 5) is 13.0. The van der Waals surface area contributed by atoms with E-state index in [1.807, 2.05) is 29.2 Å². The minimum absolute atomic E-state index is 0.420. The largest absolute Gasteiger partial charge is 0.495 e. The van der Waals surface area contributed by atoms with E-state index in [0.29, 0.717) is 6.42 Å². The van der Waals surface area contributed by atoms with Gasteiger partial charge >= 0.3 is 5.97 Å². The van der Waals surface area contributed by atoms with E-state index in [1.54, 1.807) is 7.11 Å². The van der Waals surface area contributed by atoms with Crippen LogP contribution in [0.1, 0.15) is 12.8 Å². The van der Waals surface area contributed by atoms with Crippen LogP contribution < -0.4 is 9.64 Å². The van der Waals surface area contributed by atoms with E-state index in [-0.39, 0.29) is 0 Å². The molecule has 2 rings (SSSR count). The van der Waals surface area contributed by atoms with Gasteiger partial charge in [-0.15, -0.1) is 0 Å². The van der Waals surface area contributed by atoms with E-state index >= 15 is 0 Å². The summed E-state index contributed by atoms with van der Waals surface area (Å²) in [5, 5.41) is 9.13. The topological polar surface area (TPSA) is 49.8 Å². The average Bonchev–Trinajstić information content (AvgIpc) is 2.77. The number of anilines is 1. The molecule has 0 bridgehead atoms. The van der Waals surface area contributed by atoms with Crippen molar-refractivity contribution < 1.29 is 14.6 Å². The van der Waals surface area contributed by atoms with Crippen molar-refractivity contribution in [1.29, 1.82) is 0 Å². The Bertz CT molecular complexity index is 392. The Balaban J connectivity index is 2.32. The molecule has 4 nitrogen and oxygen atoms in total. The molecule has 0 radical (unpaired) electrons. The summed E-state index contributed by atoms with van der Waals surface area (Å²) in [5.41, 5.74) is 0.870. The van der Waals surface area contributed by atoms with Crippen LogP contribution in [0, 0.1) is 0 Å². The van der Waals surface area contributed by atoms with Gasteiger partial charge in [0.15, 0.2) is 0 Å². The highest BCUT2D eigenvalue weighted by Gasteiger charge is 2.31. The maximum atomic E-state index is 11.1. The molecule has 1 aromatic rings. The number of methoxy groups -OCH3 is 1. The van der Waals surface area contributed by atoms with Gasteiger partial charge in [0, 0.05) is 6.54 Å². The lowest BCUT2D eigenvalue weighted by molar-refractivity contribution is -0.138. The SMILES string of the molecule is COc1ccccc1N1CCC[C@H]1C(=O)O. The van der Waals surface area contributed by atoms with Crippen LogP contribution in [-0.2, 0) is 4.79 Å². The van der Waals surface area contributed by atoms with E-state index in [2.05, 4.69) is 0 Å². The molecule has 1 aliphatic heterocycles. The van der Waals surface area contributed by atoms with E-state index < -0.39 is 12.0 Å². The van der Waals surface area contributed by atoms with Crippen LogP contribution >= 0.6 is 0 Å². The number of carbonyl (C=O) groups is 1. The van der Waals surface area contributed by atoms with Crippen molar-refractivity contribution in [3.8, 4) is 5.75 Å². The highest BCUT2D eigenvalue weighted by atomic mass is 16.5. The summed E-state index contributed by atoms with van der Waals surface area (Å²) < 4.78 is 5.25. The molecule has 1 aliphatic rings. The Morgan fingerprint density at radius 3 is 2.94 bits per heavy atom. The third-order valence-electron chi connectivity index (χ3n) is 2.93. The average molecular weight is 221 g/mol. The van der Waals surface area contributed by atoms with Gasteiger partial charge in [0.1, 0.15) is 11.8 Å². The number of hydrogen-bond donors (Lipinski definition) is 1. The maximum Gasteiger partial charge on any atom is 0.326 e. The zero-order valence-corrected chi connectivity index (χ0v) is 9.22. The predicted molar refractivity (Wildman–Crippen MR) is 61.0 cm³/mol. The van der Waals surface area contributed by atoms with Crippen molar-refractivity contribution in [1.82, 2.24) is 0 Å². The molecule has 0 aromatic heterocycles. The first-order chi connectivity index (χ1) is 7.74. The maximum absolute atomic E-state index is 11.1. The molecule has 1 aromatic carbocycles. The first-order valence-corrected chi connectivity index (χ1v) is 5.36. The van der Waals surface area contributed by atoms with Gasteiger partial charge in [-0.1, -0.05) is 12.1 Å². The van der Waals surface area contributed by atoms with E-state index in [4.69, 9.17) is 9.84 Å². The van der Waals surface area contributed by atoms with Crippen molar-refractivity contribution in [2.24, 2.45) is 0 Å². The molecule has 0 amide bonds. The van der Waals surface area contributed by atoms with E-state index in [1.165, 1.54) is 0 Å². The molecule has 1 N–H and O–H groups in total. The fourth-order valence-electron chi connectivity index (χ4n) is 2.18. The zero-order chi connectivity index (χ0) is 11.5. The number of hydrogen-bond acceptors (Lipinski definition) is 3. The number of carboxylic acid groups (broad SMARTS) is 1. The summed E-state index contributed by atoms with van der Waals surface area (Å²) in [7, 11) is 1.60. The Morgan fingerprint density at radius 2 is 2.25 bits per heavy atom. The third-order valence-corrected chi connectivity index (χ3v) is 2.93. The van der Waals surface area contributed by atoms with Crippen molar-refractivity contribution in [2.45, 2.75) is 18.9 Å². The first-order valence-electron chi connectivity index (χ1n) is 5.36. The predicted octanol–water partition coefficient (Wildman–Crippen LogP) is 1.75. The van der Waals surface area contributed by atoms with E-state index in [0.717, 1.165) is 24.4 Å². The fourth-order valence-corrected chi connectivity index (χ4v) is 2.18. The zero-order valence-electron chi connectivity index (χ0n) is 9.22. The molecule has 16 heavy (non-hydrogen) atoms. The van der Waals surface area contributed by atoms with Crippen LogP contribution in [0.3, 0.4) is 0 Å². The molecule has 1 heterocycles. The summed E-state index contributed by atoms with van der Waals surface area (Å²) in [6.07, 6.45) is 1.61. The minimum atomic E-state index is -0.761. The minimum Gasteiger partial charge on any atom is -0.495 e. The molecule has 0 aliphatic carbocycles. The van der Waals surface area contributed by atoms with Gasteiger partial charge in [-0.3, -0.25) is 0 Å². The Hall–Kier alpha value is -1.71. The fraction of sp³-hybridized carbons (Fsp3) is 0.417. The molecule has 4 heteroatoms. The second kappa shape index (κ2) is 4.43. The Morgan fingerprint density at radius 1 is 1.50 bits per heavy atom. The van der Waals surface area contributed by atoms with Gasteiger partial charge in [0.05, 0.1) is 12.8 Å². The number of aliphatic carboxylic acids is 1. The number of benzene rings is 1. The lowest BCUT2D eigenvalue weighted by Crippen LogP contribution is -2.36. The molecule has 0 unspecified atom stereocenters.